The molecule has 1 saturated heterocycles. The average Bonchev–Trinajstić information content (AvgIpc) is 3.36. The van der Waals surface area contributed by atoms with E-state index in [1.54, 1.807) is 29.2 Å². The van der Waals surface area contributed by atoms with E-state index in [1.807, 2.05) is 17.5 Å². The third-order valence-electron chi connectivity index (χ3n) is 4.06. The Hall–Kier alpha value is -2.22. The molecule has 4 rings (SSSR count). The lowest BCUT2D eigenvalue weighted by Gasteiger charge is -2.15. The van der Waals surface area contributed by atoms with Crippen LogP contribution in [0.1, 0.15) is 23.2 Å². The number of rotatable bonds is 4. The van der Waals surface area contributed by atoms with E-state index in [4.69, 9.17) is 11.6 Å². The maximum atomic E-state index is 12.4. The van der Waals surface area contributed by atoms with Crippen LogP contribution < -0.4 is 10.2 Å². The van der Waals surface area contributed by atoms with Crippen molar-refractivity contribution >= 4 is 56.9 Å². The number of thiazole rings is 1. The number of carbonyl (C=O) groups excluding carboxylic acids is 2. The Morgan fingerprint density at radius 1 is 1.19 bits per heavy atom. The monoisotopic (exact) mass is 403 g/mol. The number of hydrogen-bond donors (Lipinski definition) is 1. The van der Waals surface area contributed by atoms with Gasteiger partial charge in [0.1, 0.15) is 0 Å². The Kier molecular flexibility index (Phi) is 4.76. The van der Waals surface area contributed by atoms with Gasteiger partial charge in [0.2, 0.25) is 5.91 Å². The maximum absolute atomic E-state index is 12.4. The summed E-state index contributed by atoms with van der Waals surface area (Å²) in [5.74, 6) is -0.0967. The highest BCUT2D eigenvalue weighted by atomic mass is 35.5. The molecular weight excluding hydrogens is 390 g/mol. The first-order valence-electron chi connectivity index (χ1n) is 8.03. The van der Waals surface area contributed by atoms with Gasteiger partial charge in [-0.2, -0.15) is 0 Å². The number of benzene rings is 1. The minimum Gasteiger partial charge on any atom is -0.312 e. The zero-order valence-corrected chi connectivity index (χ0v) is 16.0. The molecule has 3 aromatic rings. The SMILES string of the molecule is O=C(Nc1nc(-c2ccc(Cl)s2)cs1)c1ccc(N2CCCC2=O)cc1. The largest absolute Gasteiger partial charge is 0.312 e. The molecule has 0 bridgehead atoms. The van der Waals surface area contributed by atoms with Crippen molar-refractivity contribution in [3.63, 3.8) is 0 Å². The second-order valence-corrected chi connectivity index (χ2v) is 8.36. The Morgan fingerprint density at radius 2 is 2.00 bits per heavy atom. The standard InChI is InChI=1S/C18H14ClN3O2S2/c19-15-8-7-14(26-15)13-10-25-18(20-13)21-17(24)11-3-5-12(6-4-11)22-9-1-2-16(22)23/h3-8,10H,1-2,9H2,(H,20,21,24). The van der Waals surface area contributed by atoms with Gasteiger partial charge in [0.25, 0.3) is 5.91 Å². The molecule has 3 heterocycles. The van der Waals surface area contributed by atoms with Crippen molar-refractivity contribution in [1.29, 1.82) is 0 Å². The van der Waals surface area contributed by atoms with Crippen molar-refractivity contribution in [3.05, 3.63) is 51.7 Å². The summed E-state index contributed by atoms with van der Waals surface area (Å²) in [5.41, 5.74) is 2.15. The fourth-order valence-electron chi connectivity index (χ4n) is 2.78. The third-order valence-corrected chi connectivity index (χ3v) is 6.08. The van der Waals surface area contributed by atoms with Gasteiger partial charge >= 0.3 is 0 Å². The Bertz CT molecular complexity index is 965. The number of nitrogens with zero attached hydrogens (tertiary/aromatic N) is 2. The fourth-order valence-corrected chi connectivity index (χ4v) is 4.56. The van der Waals surface area contributed by atoms with Gasteiger partial charge in [0.15, 0.2) is 5.13 Å². The van der Waals surface area contributed by atoms with Crippen LogP contribution in [0, 0.1) is 0 Å². The van der Waals surface area contributed by atoms with Gasteiger partial charge in [-0.3, -0.25) is 14.9 Å². The highest BCUT2D eigenvalue weighted by Crippen LogP contribution is 2.33. The summed E-state index contributed by atoms with van der Waals surface area (Å²) in [6.07, 6.45) is 1.47. The lowest BCUT2D eigenvalue weighted by molar-refractivity contribution is -0.117. The number of thiophene rings is 1. The first-order chi connectivity index (χ1) is 12.6. The van der Waals surface area contributed by atoms with E-state index in [0.29, 0.717) is 21.5 Å². The average molecular weight is 404 g/mol. The molecule has 132 valence electrons. The summed E-state index contributed by atoms with van der Waals surface area (Å²) in [5, 5.41) is 5.24. The number of anilines is 2. The molecule has 2 amide bonds. The van der Waals surface area contributed by atoms with E-state index >= 15 is 0 Å². The molecule has 0 radical (unpaired) electrons. The number of aromatic nitrogens is 1. The first kappa shape index (κ1) is 17.2. The number of hydrogen-bond acceptors (Lipinski definition) is 5. The molecule has 1 N–H and O–H groups in total. The quantitative estimate of drug-likeness (QED) is 0.673. The molecule has 0 unspecified atom stereocenters. The highest BCUT2D eigenvalue weighted by molar-refractivity contribution is 7.20. The minimum absolute atomic E-state index is 0.131. The summed E-state index contributed by atoms with van der Waals surface area (Å²) < 4.78 is 0.704. The van der Waals surface area contributed by atoms with E-state index in [9.17, 15) is 9.59 Å². The van der Waals surface area contributed by atoms with Crippen LogP contribution in [0.4, 0.5) is 10.8 Å². The van der Waals surface area contributed by atoms with Crippen molar-refractivity contribution in [1.82, 2.24) is 4.98 Å². The van der Waals surface area contributed by atoms with Gasteiger partial charge in [-0.1, -0.05) is 11.6 Å². The van der Waals surface area contributed by atoms with E-state index in [0.717, 1.165) is 29.2 Å². The van der Waals surface area contributed by atoms with Crippen LogP contribution in [0.2, 0.25) is 4.34 Å². The summed E-state index contributed by atoms with van der Waals surface area (Å²) in [7, 11) is 0. The zero-order chi connectivity index (χ0) is 18.1. The second-order valence-electron chi connectivity index (χ2n) is 5.79. The smallest absolute Gasteiger partial charge is 0.257 e. The lowest BCUT2D eigenvalue weighted by Crippen LogP contribution is -2.23. The summed E-state index contributed by atoms with van der Waals surface area (Å²) >= 11 is 8.77. The van der Waals surface area contributed by atoms with Crippen molar-refractivity contribution in [2.24, 2.45) is 0 Å². The summed E-state index contributed by atoms with van der Waals surface area (Å²) in [6.45, 7) is 0.735. The predicted octanol–water partition coefficient (Wildman–Crippen LogP) is 4.90. The molecule has 0 atom stereocenters. The van der Waals surface area contributed by atoms with Gasteiger partial charge in [0.05, 0.1) is 14.9 Å². The Labute approximate surface area is 163 Å². The van der Waals surface area contributed by atoms with Gasteiger partial charge < -0.3 is 4.90 Å². The summed E-state index contributed by atoms with van der Waals surface area (Å²) in [6, 6.07) is 10.8. The molecule has 2 aromatic heterocycles. The molecular formula is C18H14ClN3O2S2. The van der Waals surface area contributed by atoms with Crippen molar-refractivity contribution in [2.45, 2.75) is 12.8 Å². The topological polar surface area (TPSA) is 62.3 Å². The molecule has 1 fully saturated rings. The van der Waals surface area contributed by atoms with E-state index in [2.05, 4.69) is 10.3 Å². The highest BCUT2D eigenvalue weighted by Gasteiger charge is 2.21. The van der Waals surface area contributed by atoms with Gasteiger partial charge in [-0.15, -0.1) is 22.7 Å². The van der Waals surface area contributed by atoms with Crippen LogP contribution >= 0.6 is 34.3 Å². The normalized spacial score (nSPS) is 14.0. The maximum Gasteiger partial charge on any atom is 0.257 e. The van der Waals surface area contributed by atoms with Crippen LogP contribution in [0.3, 0.4) is 0 Å². The van der Waals surface area contributed by atoms with Gasteiger partial charge in [-0.05, 0) is 42.8 Å². The minimum atomic E-state index is -0.227. The van der Waals surface area contributed by atoms with E-state index in [1.165, 1.54) is 22.7 Å². The molecule has 0 saturated carbocycles. The second kappa shape index (κ2) is 7.19. The Morgan fingerprint density at radius 3 is 2.65 bits per heavy atom. The van der Waals surface area contributed by atoms with Crippen molar-refractivity contribution in [2.75, 3.05) is 16.8 Å². The molecule has 5 nitrogen and oxygen atoms in total. The first-order valence-corrected chi connectivity index (χ1v) is 10.1. The van der Waals surface area contributed by atoms with Crippen LogP contribution in [0.25, 0.3) is 10.6 Å². The fraction of sp³-hybridized carbons (Fsp3) is 0.167. The molecule has 0 aliphatic carbocycles. The van der Waals surface area contributed by atoms with Gasteiger partial charge in [0, 0.05) is 29.6 Å². The molecule has 0 spiro atoms. The van der Waals surface area contributed by atoms with Crippen LogP contribution in [0.15, 0.2) is 41.8 Å². The molecule has 26 heavy (non-hydrogen) atoms. The van der Waals surface area contributed by atoms with Gasteiger partial charge in [-0.25, -0.2) is 4.98 Å². The van der Waals surface area contributed by atoms with E-state index < -0.39 is 0 Å². The predicted molar refractivity (Wildman–Crippen MR) is 106 cm³/mol. The lowest BCUT2D eigenvalue weighted by atomic mass is 10.2. The third kappa shape index (κ3) is 3.51. The van der Waals surface area contributed by atoms with Crippen LogP contribution in [-0.4, -0.2) is 23.3 Å². The van der Waals surface area contributed by atoms with Crippen molar-refractivity contribution < 1.29 is 9.59 Å². The summed E-state index contributed by atoms with van der Waals surface area (Å²) in [4.78, 5) is 31.4. The molecule has 8 heteroatoms. The number of halogens is 1. The van der Waals surface area contributed by atoms with Crippen LogP contribution in [0.5, 0.6) is 0 Å². The molecule has 1 aliphatic rings. The number of carbonyl (C=O) groups is 2. The Balaban J connectivity index is 1.45. The number of nitrogens with one attached hydrogen (secondary N) is 1. The zero-order valence-electron chi connectivity index (χ0n) is 13.6. The van der Waals surface area contributed by atoms with E-state index in [-0.39, 0.29) is 11.8 Å². The number of amides is 2. The molecule has 1 aliphatic heterocycles. The molecule has 1 aromatic carbocycles. The van der Waals surface area contributed by atoms with Crippen LogP contribution in [-0.2, 0) is 4.79 Å². The van der Waals surface area contributed by atoms with Crippen molar-refractivity contribution in [3.8, 4) is 10.6 Å².